The third-order valence-corrected chi connectivity index (χ3v) is 6.23. The molecular formula is C27H35NO7. The van der Waals surface area contributed by atoms with E-state index in [9.17, 15) is 14.4 Å². The van der Waals surface area contributed by atoms with Crippen LogP contribution in [0.3, 0.4) is 0 Å². The molecule has 1 aromatic carbocycles. The van der Waals surface area contributed by atoms with Gasteiger partial charge < -0.3 is 19.3 Å². The molecule has 1 N–H and O–H groups in total. The van der Waals surface area contributed by atoms with Crippen molar-refractivity contribution in [3.05, 3.63) is 59.9 Å². The highest BCUT2D eigenvalue weighted by molar-refractivity contribution is 6.03. The van der Waals surface area contributed by atoms with Crippen molar-refractivity contribution in [2.45, 2.75) is 69.6 Å². The number of benzene rings is 1. The number of carbonyl (C=O) groups excluding carboxylic acids is 3. The largest absolute Gasteiger partial charge is 0.479 e. The van der Waals surface area contributed by atoms with Gasteiger partial charge in [-0.15, -0.1) is 0 Å². The zero-order valence-corrected chi connectivity index (χ0v) is 20.3. The number of amides is 2. The number of aliphatic hydroxyl groups is 1. The number of aliphatic hydroxyl groups excluding tert-OH is 1. The number of hydrogen-bond donors (Lipinski definition) is 1. The number of ether oxygens (including phenoxy) is 3. The predicted molar refractivity (Wildman–Crippen MR) is 129 cm³/mol. The second kappa shape index (κ2) is 13.8. The Hall–Kier alpha value is -2.97. The molecule has 8 heteroatoms. The van der Waals surface area contributed by atoms with Gasteiger partial charge in [-0.1, -0.05) is 62.4 Å². The van der Waals surface area contributed by atoms with Gasteiger partial charge in [0.25, 0.3) is 5.91 Å². The van der Waals surface area contributed by atoms with Crippen LogP contribution in [0.2, 0.25) is 0 Å². The van der Waals surface area contributed by atoms with Crippen LogP contribution < -0.4 is 0 Å². The minimum Gasteiger partial charge on any atom is -0.479 e. The topological polar surface area (TPSA) is 102 Å². The van der Waals surface area contributed by atoms with Crippen molar-refractivity contribution in [2.75, 3.05) is 20.3 Å². The van der Waals surface area contributed by atoms with Gasteiger partial charge in [0.15, 0.2) is 18.0 Å². The van der Waals surface area contributed by atoms with Crippen molar-refractivity contribution in [1.82, 2.24) is 4.90 Å². The Bertz CT molecular complexity index is 911. The van der Waals surface area contributed by atoms with Crippen molar-refractivity contribution < 1.29 is 33.7 Å². The van der Waals surface area contributed by atoms with E-state index in [1.54, 1.807) is 6.08 Å². The lowest BCUT2D eigenvalue weighted by molar-refractivity contribution is -0.153. The molecule has 1 fully saturated rings. The Morgan fingerprint density at radius 2 is 1.77 bits per heavy atom. The molecule has 0 radical (unpaired) electrons. The normalized spacial score (nSPS) is 21.8. The molecular weight excluding hydrogens is 450 g/mol. The Kier molecular flexibility index (Phi) is 10.5. The molecule has 190 valence electrons. The lowest BCUT2D eigenvalue weighted by atomic mass is 10.0. The second-order valence-electron chi connectivity index (χ2n) is 8.74. The van der Waals surface area contributed by atoms with E-state index in [4.69, 9.17) is 19.3 Å². The Morgan fingerprint density at radius 3 is 2.46 bits per heavy atom. The van der Waals surface area contributed by atoms with Crippen molar-refractivity contribution in [2.24, 2.45) is 0 Å². The molecule has 2 aliphatic rings. The zero-order chi connectivity index (χ0) is 25.0. The summed E-state index contributed by atoms with van der Waals surface area (Å²) in [7, 11) is 1.32. The third-order valence-electron chi connectivity index (χ3n) is 6.23. The highest BCUT2D eigenvalue weighted by Gasteiger charge is 2.46. The number of carbonyl (C=O) groups is 3. The molecule has 0 aliphatic carbocycles. The zero-order valence-electron chi connectivity index (χ0n) is 20.3. The molecule has 2 heterocycles. The fourth-order valence-electron chi connectivity index (χ4n) is 4.29. The molecule has 1 saturated heterocycles. The van der Waals surface area contributed by atoms with Gasteiger partial charge >= 0.3 is 6.09 Å². The molecule has 35 heavy (non-hydrogen) atoms. The molecule has 0 saturated carbocycles. The maximum absolute atomic E-state index is 13.4. The van der Waals surface area contributed by atoms with E-state index in [-0.39, 0.29) is 13.2 Å². The average Bonchev–Trinajstić information content (AvgIpc) is 3.26. The van der Waals surface area contributed by atoms with Crippen LogP contribution in [0.25, 0.3) is 0 Å². The number of unbranched alkanes of at least 4 members (excludes halogenated alkanes) is 7. The van der Waals surface area contributed by atoms with Crippen LogP contribution in [0, 0.1) is 0 Å². The maximum atomic E-state index is 13.4. The van der Waals surface area contributed by atoms with Crippen LogP contribution >= 0.6 is 0 Å². The SMILES string of the molecule is CO[C@H](C(=O)N1C(=O)OC[C@@H]1c1ccccc1)[C@@H]1OC(=CCCCCCCCCCO)C=CC1=O. The van der Waals surface area contributed by atoms with Crippen molar-refractivity contribution in [1.29, 1.82) is 0 Å². The molecule has 2 aliphatic heterocycles. The Balaban J connectivity index is 1.58. The fourth-order valence-corrected chi connectivity index (χ4v) is 4.29. The van der Waals surface area contributed by atoms with Gasteiger partial charge in [-0.3, -0.25) is 9.59 Å². The molecule has 3 atom stereocenters. The predicted octanol–water partition coefficient (Wildman–Crippen LogP) is 4.24. The fraction of sp³-hybridized carbons (Fsp3) is 0.519. The number of methoxy groups -OCH3 is 1. The minimum absolute atomic E-state index is 0.0387. The van der Waals surface area contributed by atoms with E-state index in [2.05, 4.69) is 0 Å². The van der Waals surface area contributed by atoms with Gasteiger partial charge in [-0.25, -0.2) is 9.69 Å². The number of allylic oxidation sites excluding steroid dienone is 2. The number of imide groups is 1. The van der Waals surface area contributed by atoms with Crippen LogP contribution in [-0.2, 0) is 23.8 Å². The summed E-state index contributed by atoms with van der Waals surface area (Å²) in [4.78, 5) is 39.4. The Labute approximate surface area is 206 Å². The van der Waals surface area contributed by atoms with E-state index in [0.29, 0.717) is 5.76 Å². The number of ketones is 1. The van der Waals surface area contributed by atoms with Crippen LogP contribution in [0.4, 0.5) is 4.79 Å². The number of rotatable bonds is 13. The van der Waals surface area contributed by atoms with Crippen LogP contribution in [0.1, 0.15) is 63.0 Å². The molecule has 3 rings (SSSR count). The van der Waals surface area contributed by atoms with E-state index >= 15 is 0 Å². The first-order chi connectivity index (χ1) is 17.1. The highest BCUT2D eigenvalue weighted by atomic mass is 16.6. The van der Waals surface area contributed by atoms with E-state index in [1.165, 1.54) is 13.2 Å². The average molecular weight is 486 g/mol. The van der Waals surface area contributed by atoms with Gasteiger partial charge in [0, 0.05) is 13.7 Å². The van der Waals surface area contributed by atoms with E-state index in [0.717, 1.165) is 61.8 Å². The smallest absolute Gasteiger partial charge is 0.417 e. The van der Waals surface area contributed by atoms with Gasteiger partial charge in [0.05, 0.1) is 0 Å². The van der Waals surface area contributed by atoms with Gasteiger partial charge in [0.2, 0.25) is 0 Å². The van der Waals surface area contributed by atoms with Crippen molar-refractivity contribution >= 4 is 17.8 Å². The standard InChI is InChI=1S/C27H35NO7/c1-33-25(26(31)28-22(19-34-27(28)32)20-13-9-8-10-14-20)24-23(30)17-16-21(35-24)15-11-6-4-2-3-5-7-12-18-29/h8-10,13-17,22,24-25,29H,2-7,11-12,18-19H2,1H3/t22-,24-,25+/m1/s1. The van der Waals surface area contributed by atoms with Crippen molar-refractivity contribution in [3.8, 4) is 0 Å². The summed E-state index contributed by atoms with van der Waals surface area (Å²) in [5.41, 5.74) is 0.756. The van der Waals surface area contributed by atoms with Crippen molar-refractivity contribution in [3.63, 3.8) is 0 Å². The minimum atomic E-state index is -1.29. The van der Waals surface area contributed by atoms with Crippen LogP contribution in [0.15, 0.2) is 54.3 Å². The first-order valence-corrected chi connectivity index (χ1v) is 12.3. The third kappa shape index (κ3) is 7.26. The number of cyclic esters (lactones) is 1. The molecule has 1 aromatic rings. The molecule has 0 unspecified atom stereocenters. The maximum Gasteiger partial charge on any atom is 0.417 e. The number of hydrogen-bond acceptors (Lipinski definition) is 7. The molecule has 2 amide bonds. The van der Waals surface area contributed by atoms with Gasteiger partial charge in [-0.05, 0) is 43.1 Å². The van der Waals surface area contributed by atoms with Gasteiger partial charge in [0.1, 0.15) is 18.4 Å². The van der Waals surface area contributed by atoms with Crippen LogP contribution in [-0.4, -0.2) is 60.3 Å². The summed E-state index contributed by atoms with van der Waals surface area (Å²) in [6, 6.07) is 8.52. The molecule has 0 spiro atoms. The van der Waals surface area contributed by atoms with E-state index < -0.39 is 36.0 Å². The first-order valence-electron chi connectivity index (χ1n) is 12.3. The summed E-state index contributed by atoms with van der Waals surface area (Å²) < 4.78 is 16.4. The Morgan fingerprint density at radius 1 is 1.09 bits per heavy atom. The number of nitrogens with zero attached hydrogens (tertiary/aromatic N) is 1. The first kappa shape index (κ1) is 26.6. The lowest BCUT2D eigenvalue weighted by Crippen LogP contribution is -2.51. The second-order valence-corrected chi connectivity index (χ2v) is 8.74. The van der Waals surface area contributed by atoms with Gasteiger partial charge in [-0.2, -0.15) is 0 Å². The monoisotopic (exact) mass is 485 g/mol. The summed E-state index contributed by atoms with van der Waals surface area (Å²) in [5.74, 6) is -0.553. The van der Waals surface area contributed by atoms with E-state index in [1.807, 2.05) is 36.4 Å². The highest BCUT2D eigenvalue weighted by Crippen LogP contribution is 2.30. The molecule has 8 nitrogen and oxygen atoms in total. The lowest BCUT2D eigenvalue weighted by Gasteiger charge is -2.30. The quantitative estimate of drug-likeness (QED) is 0.417. The summed E-state index contributed by atoms with van der Waals surface area (Å²) >= 11 is 0. The summed E-state index contributed by atoms with van der Waals surface area (Å²) in [5, 5.41) is 8.81. The molecule has 0 aromatic heterocycles. The summed E-state index contributed by atoms with van der Waals surface area (Å²) in [6.07, 6.45) is 9.90. The van der Waals surface area contributed by atoms with Crippen LogP contribution in [0.5, 0.6) is 0 Å². The molecule has 0 bridgehead atoms. The summed E-state index contributed by atoms with van der Waals surface area (Å²) in [6.45, 7) is 0.298.